The second-order valence-corrected chi connectivity index (χ2v) is 9.35. The van der Waals surface area contributed by atoms with E-state index in [9.17, 15) is 15.3 Å². The summed E-state index contributed by atoms with van der Waals surface area (Å²) >= 11 is 0. The molecule has 0 aromatic heterocycles. The van der Waals surface area contributed by atoms with Gasteiger partial charge < -0.3 is 20.1 Å². The Morgan fingerprint density at radius 2 is 1.83 bits per heavy atom. The molecule has 4 heteroatoms. The number of fused-ring (bicyclic) bond motifs is 3. The lowest BCUT2D eigenvalue weighted by Crippen LogP contribution is -2.68. The predicted octanol–water partition coefficient (Wildman–Crippen LogP) is 2.66. The molecule has 0 aromatic carbocycles. The summed E-state index contributed by atoms with van der Waals surface area (Å²) in [6.07, 6.45) is 6.64. The fourth-order valence-electron chi connectivity index (χ4n) is 6.80. The molecule has 3 aliphatic rings. The number of hydrogen-bond donors (Lipinski definition) is 3. The number of rotatable bonds is 3. The minimum absolute atomic E-state index is 0.0507. The summed E-state index contributed by atoms with van der Waals surface area (Å²) in [4.78, 5) is 0. The molecule has 0 radical (unpaired) electrons. The molecule has 7 atom stereocenters. The van der Waals surface area contributed by atoms with Crippen molar-refractivity contribution >= 4 is 0 Å². The van der Waals surface area contributed by atoms with E-state index in [-0.39, 0.29) is 30.0 Å². The normalized spacial score (nSPS) is 54.7. The van der Waals surface area contributed by atoms with E-state index in [4.69, 9.17) is 4.74 Å². The summed E-state index contributed by atoms with van der Waals surface area (Å²) < 4.78 is 6.46. The standard InChI is InChI=1S/C20H34O4/c1-5-20(13-22)10-7-15-18(3)9-6-8-17(2,12-21)16(18)14(23)11-19(15,4)24-20/h5,14-16,21-23H,1,6-13H2,2-4H3/t14-,15-,16-,17-,18+,19+,20+/m1/s1. The smallest absolute Gasteiger partial charge is 0.110 e. The molecule has 2 saturated carbocycles. The van der Waals surface area contributed by atoms with E-state index in [2.05, 4.69) is 27.4 Å². The second kappa shape index (κ2) is 5.80. The predicted molar refractivity (Wildman–Crippen MR) is 93.5 cm³/mol. The number of hydrogen-bond acceptors (Lipinski definition) is 4. The van der Waals surface area contributed by atoms with E-state index >= 15 is 0 Å². The zero-order valence-electron chi connectivity index (χ0n) is 15.4. The van der Waals surface area contributed by atoms with Gasteiger partial charge in [0.2, 0.25) is 0 Å². The van der Waals surface area contributed by atoms with E-state index in [0.29, 0.717) is 12.3 Å². The van der Waals surface area contributed by atoms with Crippen molar-refractivity contribution in [2.75, 3.05) is 13.2 Å². The Morgan fingerprint density at radius 3 is 2.42 bits per heavy atom. The highest BCUT2D eigenvalue weighted by molar-refractivity contribution is 5.16. The van der Waals surface area contributed by atoms with Crippen molar-refractivity contribution in [3.05, 3.63) is 12.7 Å². The molecule has 138 valence electrons. The van der Waals surface area contributed by atoms with E-state index in [1.54, 1.807) is 6.08 Å². The van der Waals surface area contributed by atoms with Gasteiger partial charge in [-0.3, -0.25) is 0 Å². The third-order valence-corrected chi connectivity index (χ3v) is 7.75. The summed E-state index contributed by atoms with van der Waals surface area (Å²) in [5, 5.41) is 31.0. The van der Waals surface area contributed by atoms with Gasteiger partial charge in [-0.15, -0.1) is 6.58 Å². The lowest BCUT2D eigenvalue weighted by Gasteiger charge is -2.66. The first-order valence-corrected chi connectivity index (χ1v) is 9.42. The maximum atomic E-state index is 11.1. The lowest BCUT2D eigenvalue weighted by molar-refractivity contribution is -0.288. The van der Waals surface area contributed by atoms with Gasteiger partial charge in [0.25, 0.3) is 0 Å². The molecule has 3 N–H and O–H groups in total. The third-order valence-electron chi connectivity index (χ3n) is 7.75. The number of aliphatic hydroxyl groups is 3. The van der Waals surface area contributed by atoms with Crippen LogP contribution in [0.15, 0.2) is 12.7 Å². The Hall–Kier alpha value is -0.420. The second-order valence-electron chi connectivity index (χ2n) is 9.35. The number of aliphatic hydroxyl groups excluding tert-OH is 3. The van der Waals surface area contributed by atoms with Gasteiger partial charge in [-0.2, -0.15) is 0 Å². The molecule has 24 heavy (non-hydrogen) atoms. The summed E-state index contributed by atoms with van der Waals surface area (Å²) in [7, 11) is 0. The summed E-state index contributed by atoms with van der Waals surface area (Å²) in [5.41, 5.74) is -1.43. The average Bonchev–Trinajstić information content (AvgIpc) is 2.53. The molecule has 1 saturated heterocycles. The van der Waals surface area contributed by atoms with Crippen LogP contribution in [0.1, 0.15) is 59.3 Å². The summed E-state index contributed by atoms with van der Waals surface area (Å²) in [6.45, 7) is 10.5. The van der Waals surface area contributed by atoms with E-state index in [0.717, 1.165) is 32.1 Å². The highest BCUT2D eigenvalue weighted by Gasteiger charge is 2.65. The van der Waals surface area contributed by atoms with Crippen LogP contribution in [0.4, 0.5) is 0 Å². The van der Waals surface area contributed by atoms with Crippen molar-refractivity contribution in [2.45, 2.75) is 76.6 Å². The van der Waals surface area contributed by atoms with Gasteiger partial charge in [0, 0.05) is 13.0 Å². The first-order chi connectivity index (χ1) is 11.2. The van der Waals surface area contributed by atoms with Gasteiger partial charge in [-0.25, -0.2) is 0 Å². The van der Waals surface area contributed by atoms with Crippen molar-refractivity contribution in [3.63, 3.8) is 0 Å². The van der Waals surface area contributed by atoms with Gasteiger partial charge in [0.15, 0.2) is 0 Å². The largest absolute Gasteiger partial charge is 0.396 e. The molecule has 1 heterocycles. The van der Waals surface area contributed by atoms with Crippen LogP contribution in [0.25, 0.3) is 0 Å². The SMILES string of the molecule is C=C[C@@]1(CO)CC[C@@H]2[C@]3(C)CCC[C@](C)(CO)[C@H]3[C@H](O)C[C@]2(C)O1. The van der Waals surface area contributed by atoms with Gasteiger partial charge in [0.1, 0.15) is 5.60 Å². The monoisotopic (exact) mass is 338 g/mol. The zero-order valence-corrected chi connectivity index (χ0v) is 15.4. The summed E-state index contributed by atoms with van der Waals surface area (Å²) in [6, 6.07) is 0. The molecule has 0 bridgehead atoms. The molecule has 3 fully saturated rings. The third kappa shape index (κ3) is 2.41. The van der Waals surface area contributed by atoms with Crippen LogP contribution in [0.3, 0.4) is 0 Å². The molecule has 3 rings (SSSR count). The topological polar surface area (TPSA) is 69.9 Å². The Labute approximate surface area is 145 Å². The van der Waals surface area contributed by atoms with Crippen molar-refractivity contribution in [1.29, 1.82) is 0 Å². The average molecular weight is 338 g/mol. The zero-order chi connectivity index (χ0) is 17.8. The highest BCUT2D eigenvalue weighted by Crippen LogP contribution is 2.65. The van der Waals surface area contributed by atoms with Crippen molar-refractivity contribution < 1.29 is 20.1 Å². The molecule has 0 unspecified atom stereocenters. The fourth-order valence-corrected chi connectivity index (χ4v) is 6.80. The first kappa shape index (κ1) is 18.4. The van der Waals surface area contributed by atoms with Crippen LogP contribution in [-0.2, 0) is 4.74 Å². The van der Waals surface area contributed by atoms with Crippen LogP contribution in [0.5, 0.6) is 0 Å². The maximum absolute atomic E-state index is 11.1. The first-order valence-electron chi connectivity index (χ1n) is 9.42. The van der Waals surface area contributed by atoms with Gasteiger partial charge >= 0.3 is 0 Å². The molecular formula is C20H34O4. The Bertz CT molecular complexity index is 508. The number of ether oxygens (including phenoxy) is 1. The van der Waals surface area contributed by atoms with Gasteiger partial charge in [-0.1, -0.05) is 26.3 Å². The molecule has 0 amide bonds. The van der Waals surface area contributed by atoms with Crippen LogP contribution in [0, 0.1) is 22.7 Å². The van der Waals surface area contributed by atoms with Crippen molar-refractivity contribution in [1.82, 2.24) is 0 Å². The fraction of sp³-hybridized carbons (Fsp3) is 0.900. The van der Waals surface area contributed by atoms with Crippen LogP contribution < -0.4 is 0 Å². The van der Waals surface area contributed by atoms with Gasteiger partial charge in [-0.05, 0) is 55.3 Å². The van der Waals surface area contributed by atoms with Crippen LogP contribution in [-0.4, -0.2) is 45.8 Å². The van der Waals surface area contributed by atoms with Crippen LogP contribution >= 0.6 is 0 Å². The molecule has 4 nitrogen and oxygen atoms in total. The minimum atomic E-state index is -0.691. The van der Waals surface area contributed by atoms with E-state index < -0.39 is 17.3 Å². The van der Waals surface area contributed by atoms with Gasteiger partial charge in [0.05, 0.1) is 18.3 Å². The molecule has 1 aliphatic heterocycles. The quantitative estimate of drug-likeness (QED) is 0.692. The minimum Gasteiger partial charge on any atom is -0.396 e. The van der Waals surface area contributed by atoms with Crippen LogP contribution in [0.2, 0.25) is 0 Å². The van der Waals surface area contributed by atoms with E-state index in [1.165, 1.54) is 0 Å². The Kier molecular flexibility index (Phi) is 4.44. The Morgan fingerprint density at radius 1 is 1.12 bits per heavy atom. The highest BCUT2D eigenvalue weighted by atomic mass is 16.5. The Balaban J connectivity index is 2.00. The molecule has 0 aromatic rings. The molecule has 0 spiro atoms. The van der Waals surface area contributed by atoms with Crippen molar-refractivity contribution in [3.8, 4) is 0 Å². The summed E-state index contributed by atoms with van der Waals surface area (Å²) in [5.74, 6) is 0.417. The molecular weight excluding hydrogens is 304 g/mol. The molecule has 2 aliphatic carbocycles. The van der Waals surface area contributed by atoms with Crippen molar-refractivity contribution in [2.24, 2.45) is 22.7 Å². The lowest BCUT2D eigenvalue weighted by atomic mass is 9.43. The van der Waals surface area contributed by atoms with E-state index in [1.807, 2.05) is 0 Å². The maximum Gasteiger partial charge on any atom is 0.110 e.